The number of nitrogens with two attached hydrogens (primary N) is 1. The Morgan fingerprint density at radius 1 is 0.968 bits per heavy atom. The van der Waals surface area contributed by atoms with Gasteiger partial charge in [0.2, 0.25) is 5.91 Å². The van der Waals surface area contributed by atoms with E-state index in [1.54, 1.807) is 0 Å². The number of nitrogens with zero attached hydrogens (tertiary/aromatic N) is 4. The van der Waals surface area contributed by atoms with E-state index in [-0.39, 0.29) is 35.7 Å². The Morgan fingerprint density at radius 2 is 1.65 bits per heavy atom. The molecule has 4 rings (SSSR count). The first-order valence-electron chi connectivity index (χ1n) is 10.5. The van der Waals surface area contributed by atoms with E-state index >= 15 is 0 Å². The van der Waals surface area contributed by atoms with Crippen LogP contribution in [0.3, 0.4) is 0 Å². The van der Waals surface area contributed by atoms with Gasteiger partial charge in [-0.25, -0.2) is 9.38 Å². The van der Waals surface area contributed by atoms with E-state index in [0.29, 0.717) is 25.5 Å². The lowest BCUT2D eigenvalue weighted by molar-refractivity contribution is -0.128. The second-order valence-electron chi connectivity index (χ2n) is 7.81. The van der Waals surface area contributed by atoms with Crippen LogP contribution in [0.5, 0.6) is 0 Å². The van der Waals surface area contributed by atoms with Crippen molar-refractivity contribution in [1.29, 1.82) is 0 Å². The van der Waals surface area contributed by atoms with Crippen molar-refractivity contribution in [2.75, 3.05) is 37.6 Å². The maximum Gasteiger partial charge on any atom is 0.222 e. The van der Waals surface area contributed by atoms with Crippen molar-refractivity contribution in [2.24, 2.45) is 10.7 Å². The second-order valence-corrected chi connectivity index (χ2v) is 7.81. The quantitative estimate of drug-likeness (QED) is 0.362. The van der Waals surface area contributed by atoms with Crippen molar-refractivity contribution < 1.29 is 9.18 Å². The number of hydrogen-bond acceptors (Lipinski definition) is 3. The SMILES string of the molecule is I.NC(=NCc1ccccc1CN1CCCC1=O)N1CCN(c2ccc(F)cc2)CC1. The average molecular weight is 537 g/mol. The Kier molecular flexibility index (Phi) is 8.11. The van der Waals surface area contributed by atoms with Crippen LogP contribution in [0.1, 0.15) is 24.0 Å². The predicted octanol–water partition coefficient (Wildman–Crippen LogP) is 3.20. The van der Waals surface area contributed by atoms with Crippen LogP contribution >= 0.6 is 24.0 Å². The summed E-state index contributed by atoms with van der Waals surface area (Å²) in [6.07, 6.45) is 1.59. The van der Waals surface area contributed by atoms with Gasteiger partial charge in [-0.15, -0.1) is 24.0 Å². The van der Waals surface area contributed by atoms with Crippen LogP contribution in [-0.4, -0.2) is 54.4 Å². The van der Waals surface area contributed by atoms with Gasteiger partial charge in [-0.2, -0.15) is 0 Å². The molecule has 31 heavy (non-hydrogen) atoms. The average Bonchev–Trinajstić information content (AvgIpc) is 3.18. The molecule has 6 nitrogen and oxygen atoms in total. The molecule has 0 aromatic heterocycles. The summed E-state index contributed by atoms with van der Waals surface area (Å²) in [7, 11) is 0. The van der Waals surface area contributed by atoms with Gasteiger partial charge in [-0.05, 0) is 41.8 Å². The van der Waals surface area contributed by atoms with E-state index < -0.39 is 0 Å². The van der Waals surface area contributed by atoms with Crippen LogP contribution < -0.4 is 10.6 Å². The number of halogens is 2. The van der Waals surface area contributed by atoms with Crippen molar-refractivity contribution >= 4 is 41.5 Å². The lowest BCUT2D eigenvalue weighted by atomic mass is 10.1. The summed E-state index contributed by atoms with van der Waals surface area (Å²) in [6.45, 7) is 5.15. The standard InChI is InChI=1S/C23H28FN5O.HI/c24-20-7-9-21(10-8-20)27-12-14-28(15-13-27)23(25)26-16-18-4-1-2-5-19(18)17-29-11-3-6-22(29)30;/h1-2,4-5,7-10H,3,6,11-17H2,(H2,25,26);1H. The van der Waals surface area contributed by atoms with Crippen molar-refractivity contribution in [1.82, 2.24) is 9.80 Å². The van der Waals surface area contributed by atoms with Crippen LogP contribution in [-0.2, 0) is 17.9 Å². The predicted molar refractivity (Wildman–Crippen MR) is 132 cm³/mol. The number of aliphatic imine (C=N–C) groups is 1. The fraction of sp³-hybridized carbons (Fsp3) is 0.391. The third-order valence-corrected chi connectivity index (χ3v) is 5.86. The van der Waals surface area contributed by atoms with E-state index in [2.05, 4.69) is 26.9 Å². The number of benzene rings is 2. The molecule has 8 heteroatoms. The van der Waals surface area contributed by atoms with E-state index in [9.17, 15) is 9.18 Å². The molecule has 2 heterocycles. The maximum atomic E-state index is 13.1. The van der Waals surface area contributed by atoms with Gasteiger partial charge in [0.05, 0.1) is 6.54 Å². The van der Waals surface area contributed by atoms with Crippen molar-refractivity contribution in [2.45, 2.75) is 25.9 Å². The summed E-state index contributed by atoms with van der Waals surface area (Å²) in [5.74, 6) is 0.552. The lowest BCUT2D eigenvalue weighted by Gasteiger charge is -2.36. The molecule has 0 bridgehead atoms. The highest BCUT2D eigenvalue weighted by Crippen LogP contribution is 2.19. The van der Waals surface area contributed by atoms with E-state index in [1.807, 2.05) is 29.2 Å². The smallest absolute Gasteiger partial charge is 0.222 e. The number of likely N-dealkylation sites (tertiary alicyclic amines) is 1. The molecule has 0 unspecified atom stereocenters. The molecule has 166 valence electrons. The zero-order valence-electron chi connectivity index (χ0n) is 17.5. The van der Waals surface area contributed by atoms with Crippen LogP contribution in [0.15, 0.2) is 53.5 Å². The highest BCUT2D eigenvalue weighted by molar-refractivity contribution is 14.0. The molecular weight excluding hydrogens is 508 g/mol. The Bertz CT molecular complexity index is 912. The van der Waals surface area contributed by atoms with Crippen molar-refractivity contribution in [3.05, 3.63) is 65.5 Å². The molecule has 2 saturated heterocycles. The number of guanidine groups is 1. The van der Waals surface area contributed by atoms with Gasteiger partial charge < -0.3 is 20.4 Å². The Labute approximate surface area is 199 Å². The molecule has 2 aromatic carbocycles. The highest BCUT2D eigenvalue weighted by Gasteiger charge is 2.21. The lowest BCUT2D eigenvalue weighted by Crippen LogP contribution is -2.51. The summed E-state index contributed by atoms with van der Waals surface area (Å²) in [5.41, 5.74) is 9.54. The summed E-state index contributed by atoms with van der Waals surface area (Å²) < 4.78 is 13.1. The Balaban J connectivity index is 0.00000272. The number of carbonyl (C=O) groups is 1. The molecule has 2 fully saturated rings. The first-order chi connectivity index (χ1) is 14.6. The van der Waals surface area contributed by atoms with E-state index in [1.165, 1.54) is 12.1 Å². The van der Waals surface area contributed by atoms with Gasteiger partial charge in [-0.3, -0.25) is 4.79 Å². The molecule has 2 aliphatic heterocycles. The summed E-state index contributed by atoms with van der Waals surface area (Å²) in [4.78, 5) is 22.8. The molecule has 0 atom stereocenters. The Hall–Kier alpha value is -2.36. The number of piperazine rings is 1. The largest absolute Gasteiger partial charge is 0.370 e. The van der Waals surface area contributed by atoms with Gasteiger partial charge in [0, 0.05) is 51.4 Å². The van der Waals surface area contributed by atoms with Gasteiger partial charge in [0.25, 0.3) is 0 Å². The van der Waals surface area contributed by atoms with Crippen LogP contribution in [0.25, 0.3) is 0 Å². The van der Waals surface area contributed by atoms with Gasteiger partial charge in [0.15, 0.2) is 5.96 Å². The van der Waals surface area contributed by atoms with Gasteiger partial charge >= 0.3 is 0 Å². The normalized spacial score (nSPS) is 17.1. The number of amides is 1. The molecule has 0 spiro atoms. The minimum Gasteiger partial charge on any atom is -0.370 e. The second kappa shape index (κ2) is 10.8. The van der Waals surface area contributed by atoms with E-state index in [0.717, 1.165) is 56.0 Å². The zero-order chi connectivity index (χ0) is 20.9. The van der Waals surface area contributed by atoms with Crippen LogP contribution in [0.2, 0.25) is 0 Å². The third kappa shape index (κ3) is 5.87. The molecule has 0 aliphatic carbocycles. The van der Waals surface area contributed by atoms with Crippen LogP contribution in [0.4, 0.5) is 10.1 Å². The minimum atomic E-state index is -0.219. The van der Waals surface area contributed by atoms with Gasteiger partial charge in [0.1, 0.15) is 5.82 Å². The Morgan fingerprint density at radius 3 is 2.29 bits per heavy atom. The molecule has 1 amide bonds. The third-order valence-electron chi connectivity index (χ3n) is 5.86. The maximum absolute atomic E-state index is 13.1. The number of carbonyl (C=O) groups excluding carboxylic acids is 1. The summed E-state index contributed by atoms with van der Waals surface area (Å²) in [6, 6.07) is 14.7. The molecule has 0 radical (unpaired) electrons. The first kappa shape index (κ1) is 23.3. The summed E-state index contributed by atoms with van der Waals surface area (Å²) >= 11 is 0. The van der Waals surface area contributed by atoms with Crippen LogP contribution in [0, 0.1) is 5.82 Å². The number of rotatable bonds is 5. The minimum absolute atomic E-state index is 0. The topological polar surface area (TPSA) is 65.2 Å². The molecular formula is C23H29FIN5O. The fourth-order valence-electron chi connectivity index (χ4n) is 4.05. The summed E-state index contributed by atoms with van der Waals surface area (Å²) in [5, 5.41) is 0. The molecule has 2 aromatic rings. The highest BCUT2D eigenvalue weighted by atomic mass is 127. The first-order valence-corrected chi connectivity index (χ1v) is 10.5. The monoisotopic (exact) mass is 537 g/mol. The molecule has 2 N–H and O–H groups in total. The fourth-order valence-corrected chi connectivity index (χ4v) is 4.05. The number of hydrogen-bond donors (Lipinski definition) is 1. The van der Waals surface area contributed by atoms with Gasteiger partial charge in [-0.1, -0.05) is 24.3 Å². The number of anilines is 1. The zero-order valence-corrected chi connectivity index (χ0v) is 19.9. The van der Waals surface area contributed by atoms with Crippen molar-refractivity contribution in [3.8, 4) is 0 Å². The molecule has 2 aliphatic rings. The van der Waals surface area contributed by atoms with Crippen molar-refractivity contribution in [3.63, 3.8) is 0 Å². The van der Waals surface area contributed by atoms with E-state index in [4.69, 9.17) is 5.73 Å². The molecule has 0 saturated carbocycles.